The van der Waals surface area contributed by atoms with Crippen LogP contribution in [0.4, 0.5) is 0 Å². The van der Waals surface area contributed by atoms with Crippen LogP contribution in [0.25, 0.3) is 0 Å². The van der Waals surface area contributed by atoms with E-state index in [1.165, 1.54) is 6.33 Å². The van der Waals surface area contributed by atoms with Crippen molar-refractivity contribution in [2.45, 2.75) is 6.04 Å². The predicted octanol–water partition coefficient (Wildman–Crippen LogP) is 0.366. The minimum absolute atomic E-state index is 0.201. The fraction of sp³-hybridized carbons (Fsp3) is 0.200. The van der Waals surface area contributed by atoms with Gasteiger partial charge in [-0.2, -0.15) is 5.10 Å². The van der Waals surface area contributed by atoms with Gasteiger partial charge in [-0.1, -0.05) is 12.1 Å². The van der Waals surface area contributed by atoms with E-state index in [0.717, 1.165) is 11.3 Å². The van der Waals surface area contributed by atoms with Crippen molar-refractivity contribution in [2.75, 3.05) is 7.11 Å². The van der Waals surface area contributed by atoms with E-state index in [4.69, 9.17) is 10.6 Å². The van der Waals surface area contributed by atoms with Crippen LogP contribution in [-0.2, 0) is 0 Å². The zero-order valence-corrected chi connectivity index (χ0v) is 8.84. The second-order valence-corrected chi connectivity index (χ2v) is 3.24. The molecular formula is C10H13N5O. The molecule has 2 aromatic rings. The smallest absolute Gasteiger partial charge is 0.147 e. The van der Waals surface area contributed by atoms with E-state index in [1.807, 2.05) is 24.3 Å². The molecule has 6 nitrogen and oxygen atoms in total. The van der Waals surface area contributed by atoms with Crippen molar-refractivity contribution in [1.82, 2.24) is 20.6 Å². The molecule has 6 heteroatoms. The van der Waals surface area contributed by atoms with Gasteiger partial charge in [0.25, 0.3) is 0 Å². The lowest BCUT2D eigenvalue weighted by Crippen LogP contribution is -2.29. The molecule has 4 N–H and O–H groups in total. The molecule has 0 amide bonds. The zero-order chi connectivity index (χ0) is 11.4. The number of hydrazine groups is 1. The number of rotatable bonds is 4. The summed E-state index contributed by atoms with van der Waals surface area (Å²) in [7, 11) is 1.63. The lowest BCUT2D eigenvalue weighted by molar-refractivity contribution is 0.414. The number of aromatic amines is 1. The van der Waals surface area contributed by atoms with Crippen molar-refractivity contribution in [3.63, 3.8) is 0 Å². The number of ether oxygens (including phenoxy) is 1. The minimum atomic E-state index is -0.201. The van der Waals surface area contributed by atoms with E-state index >= 15 is 0 Å². The quantitative estimate of drug-likeness (QED) is 0.510. The first-order valence-corrected chi connectivity index (χ1v) is 4.80. The van der Waals surface area contributed by atoms with Gasteiger partial charge in [0.05, 0.1) is 7.11 Å². The molecule has 0 saturated carbocycles. The monoisotopic (exact) mass is 219 g/mol. The Balaban J connectivity index is 2.27. The number of benzene rings is 1. The summed E-state index contributed by atoms with van der Waals surface area (Å²) >= 11 is 0. The zero-order valence-electron chi connectivity index (χ0n) is 8.84. The van der Waals surface area contributed by atoms with Gasteiger partial charge in [-0.25, -0.2) is 10.4 Å². The summed E-state index contributed by atoms with van der Waals surface area (Å²) in [5.74, 6) is 6.97. The molecule has 1 aromatic carbocycles. The van der Waals surface area contributed by atoms with Crippen molar-refractivity contribution in [3.05, 3.63) is 42.0 Å². The Morgan fingerprint density at radius 3 is 2.62 bits per heavy atom. The first-order chi connectivity index (χ1) is 7.85. The molecule has 1 unspecified atom stereocenters. The Hall–Kier alpha value is -1.92. The summed E-state index contributed by atoms with van der Waals surface area (Å²) in [6, 6.07) is 7.39. The van der Waals surface area contributed by atoms with E-state index in [-0.39, 0.29) is 6.04 Å². The van der Waals surface area contributed by atoms with Crippen LogP contribution in [0.2, 0.25) is 0 Å². The van der Waals surface area contributed by atoms with Crippen LogP contribution in [0.3, 0.4) is 0 Å². The molecule has 2 rings (SSSR count). The molecule has 0 aliphatic carbocycles. The van der Waals surface area contributed by atoms with Crippen molar-refractivity contribution in [2.24, 2.45) is 5.84 Å². The molecular weight excluding hydrogens is 206 g/mol. The number of aromatic nitrogens is 3. The maximum absolute atomic E-state index is 5.50. The van der Waals surface area contributed by atoms with Crippen LogP contribution in [0.15, 0.2) is 30.6 Å². The highest BCUT2D eigenvalue weighted by molar-refractivity contribution is 5.31. The van der Waals surface area contributed by atoms with Crippen LogP contribution >= 0.6 is 0 Å². The summed E-state index contributed by atoms with van der Waals surface area (Å²) in [5.41, 5.74) is 3.67. The number of hydrogen-bond acceptors (Lipinski definition) is 5. The highest BCUT2D eigenvalue weighted by Gasteiger charge is 2.14. The normalized spacial score (nSPS) is 12.4. The Morgan fingerprint density at radius 1 is 1.38 bits per heavy atom. The van der Waals surface area contributed by atoms with E-state index < -0.39 is 0 Å². The van der Waals surface area contributed by atoms with E-state index in [2.05, 4.69) is 20.6 Å². The lowest BCUT2D eigenvalue weighted by atomic mass is 10.1. The molecule has 1 aromatic heterocycles. The van der Waals surface area contributed by atoms with Gasteiger partial charge in [-0.05, 0) is 17.7 Å². The predicted molar refractivity (Wildman–Crippen MR) is 58.5 cm³/mol. The van der Waals surface area contributed by atoms with Crippen molar-refractivity contribution in [3.8, 4) is 5.75 Å². The number of H-pyrrole nitrogens is 1. The number of nitrogens with zero attached hydrogens (tertiary/aromatic N) is 2. The summed E-state index contributed by atoms with van der Waals surface area (Å²) < 4.78 is 5.09. The average molecular weight is 219 g/mol. The molecule has 0 fully saturated rings. The van der Waals surface area contributed by atoms with Crippen LogP contribution in [-0.4, -0.2) is 22.3 Å². The molecule has 1 atom stereocenters. The van der Waals surface area contributed by atoms with Gasteiger partial charge < -0.3 is 4.74 Å². The topological polar surface area (TPSA) is 88.8 Å². The second-order valence-electron chi connectivity index (χ2n) is 3.24. The molecule has 16 heavy (non-hydrogen) atoms. The number of nitrogens with one attached hydrogen (secondary N) is 2. The highest BCUT2D eigenvalue weighted by atomic mass is 16.5. The summed E-state index contributed by atoms with van der Waals surface area (Å²) in [4.78, 5) is 4.07. The minimum Gasteiger partial charge on any atom is -0.497 e. The van der Waals surface area contributed by atoms with Gasteiger partial charge in [0.1, 0.15) is 23.9 Å². The Labute approximate surface area is 92.8 Å². The van der Waals surface area contributed by atoms with Crippen LogP contribution in [0, 0.1) is 0 Å². The van der Waals surface area contributed by atoms with E-state index in [9.17, 15) is 0 Å². The Morgan fingerprint density at radius 2 is 2.12 bits per heavy atom. The SMILES string of the molecule is COc1ccc(C(NN)c2ncn[nH]2)cc1. The fourth-order valence-corrected chi connectivity index (χ4v) is 1.48. The maximum atomic E-state index is 5.50. The summed E-state index contributed by atoms with van der Waals surface area (Å²) in [5, 5.41) is 6.57. The molecule has 1 heterocycles. The third kappa shape index (κ3) is 2.02. The van der Waals surface area contributed by atoms with Gasteiger partial charge in [-0.15, -0.1) is 0 Å². The van der Waals surface area contributed by atoms with Gasteiger partial charge >= 0.3 is 0 Å². The second kappa shape index (κ2) is 4.73. The first kappa shape index (κ1) is 10.6. The van der Waals surface area contributed by atoms with Crippen molar-refractivity contribution >= 4 is 0 Å². The van der Waals surface area contributed by atoms with Gasteiger partial charge in [0, 0.05) is 0 Å². The largest absolute Gasteiger partial charge is 0.497 e. The van der Waals surface area contributed by atoms with Gasteiger partial charge in [0.2, 0.25) is 0 Å². The molecule has 0 spiro atoms. The van der Waals surface area contributed by atoms with Crippen molar-refractivity contribution in [1.29, 1.82) is 0 Å². The van der Waals surface area contributed by atoms with Crippen LogP contribution in [0.5, 0.6) is 5.75 Å². The molecule has 0 saturated heterocycles. The summed E-state index contributed by atoms with van der Waals surface area (Å²) in [6.07, 6.45) is 1.45. The molecule has 0 aliphatic heterocycles. The van der Waals surface area contributed by atoms with E-state index in [1.54, 1.807) is 7.11 Å². The Kier molecular flexibility index (Phi) is 3.13. The van der Waals surface area contributed by atoms with Gasteiger partial charge in [-0.3, -0.25) is 10.9 Å². The van der Waals surface area contributed by atoms with Crippen LogP contribution in [0.1, 0.15) is 17.4 Å². The lowest BCUT2D eigenvalue weighted by Gasteiger charge is -2.13. The van der Waals surface area contributed by atoms with Crippen molar-refractivity contribution < 1.29 is 4.74 Å². The highest BCUT2D eigenvalue weighted by Crippen LogP contribution is 2.20. The average Bonchev–Trinajstić information content (AvgIpc) is 2.85. The number of nitrogens with two attached hydrogens (primary N) is 1. The first-order valence-electron chi connectivity index (χ1n) is 4.80. The molecule has 0 radical (unpaired) electrons. The maximum Gasteiger partial charge on any atom is 0.147 e. The molecule has 84 valence electrons. The number of hydrogen-bond donors (Lipinski definition) is 3. The molecule has 0 bridgehead atoms. The molecule has 0 aliphatic rings. The number of methoxy groups -OCH3 is 1. The standard InChI is InChI=1S/C10H13N5O/c1-16-8-4-2-7(3-5-8)9(14-11)10-12-6-13-15-10/h2-6,9,14H,11H2,1H3,(H,12,13,15). The van der Waals surface area contributed by atoms with Crippen LogP contribution < -0.4 is 16.0 Å². The third-order valence-electron chi connectivity index (χ3n) is 2.32. The van der Waals surface area contributed by atoms with Gasteiger partial charge in [0.15, 0.2) is 0 Å². The Bertz CT molecular complexity index is 425. The summed E-state index contributed by atoms with van der Waals surface area (Å²) in [6.45, 7) is 0. The fourth-order valence-electron chi connectivity index (χ4n) is 1.48. The van der Waals surface area contributed by atoms with E-state index in [0.29, 0.717) is 5.82 Å². The third-order valence-corrected chi connectivity index (χ3v) is 2.32.